The Kier molecular flexibility index (Phi) is 16.1. The van der Waals surface area contributed by atoms with Crippen LogP contribution in [-0.2, 0) is 6.54 Å². The third-order valence-corrected chi connectivity index (χ3v) is 17.5. The molecule has 0 saturated heterocycles. The van der Waals surface area contributed by atoms with Gasteiger partial charge in [-0.05, 0) is 184 Å². The minimum absolute atomic E-state index is 0.0194. The van der Waals surface area contributed by atoms with Crippen LogP contribution in [0.25, 0.3) is 100.0 Å². The van der Waals surface area contributed by atoms with Crippen LogP contribution in [0.5, 0.6) is 23.0 Å². The molecule has 0 fully saturated rings. The fourth-order valence-corrected chi connectivity index (χ4v) is 12.6. The van der Waals surface area contributed by atoms with E-state index in [0.717, 1.165) is 50.0 Å². The van der Waals surface area contributed by atoms with Crippen molar-refractivity contribution < 1.29 is 61.3 Å². The number of fused-ring (bicyclic) bond motifs is 6. The SMILES string of the molecule is Cc1ccc(C)c2c(C(=O)O)cc(-c3oc4ccccc4c3NC(=O)Oc3ccc(OC(=O)c4cc(-c5oc6ccccc6c5OC(=O)Nc5ccc(OC(=O)c6cc(-c7oc8ccccc8c7NCc7ccccc7)nc7c(C)ccc(C)c67)cc5)nc5c(C)ccc(C)c45)cc3)nc12. The zero-order chi connectivity index (χ0) is 69.0. The van der Waals surface area contributed by atoms with Crippen LogP contribution in [0.15, 0.2) is 220 Å². The maximum absolute atomic E-state index is 14.6. The molecule has 0 aliphatic carbocycles. The van der Waals surface area contributed by atoms with Crippen molar-refractivity contribution in [2.75, 3.05) is 16.0 Å². The van der Waals surface area contributed by atoms with Gasteiger partial charge in [0.15, 0.2) is 23.0 Å². The summed E-state index contributed by atoms with van der Waals surface area (Å²) in [5.74, 6) is -1.48. The number of hydrogen-bond donors (Lipinski definition) is 4. The number of pyridine rings is 3. The number of hydrogen-bond acceptors (Lipinski definition) is 16. The summed E-state index contributed by atoms with van der Waals surface area (Å²) in [5, 5.41) is 22.9. The van der Waals surface area contributed by atoms with E-state index >= 15 is 0 Å². The van der Waals surface area contributed by atoms with Gasteiger partial charge in [-0.2, -0.15) is 0 Å². The van der Waals surface area contributed by atoms with E-state index in [-0.39, 0.29) is 68.3 Å². The Morgan fingerprint density at radius 3 is 1.30 bits per heavy atom. The van der Waals surface area contributed by atoms with Crippen LogP contribution >= 0.6 is 0 Å². The van der Waals surface area contributed by atoms with Gasteiger partial charge in [0.05, 0.1) is 44.3 Å². The molecular formula is C81H58N6O13. The van der Waals surface area contributed by atoms with Crippen LogP contribution in [0.2, 0.25) is 0 Å². The summed E-state index contributed by atoms with van der Waals surface area (Å²) in [4.78, 5) is 84.6. The molecule has 19 heteroatoms. The Morgan fingerprint density at radius 1 is 0.390 bits per heavy atom. The van der Waals surface area contributed by atoms with Gasteiger partial charge in [-0.15, -0.1) is 0 Å². The van der Waals surface area contributed by atoms with Crippen molar-refractivity contribution >= 4 is 113 Å². The van der Waals surface area contributed by atoms with E-state index in [1.807, 2.05) is 133 Å². The Hall–Kier alpha value is -13.4. The van der Waals surface area contributed by atoms with Crippen molar-refractivity contribution in [1.29, 1.82) is 0 Å². The standard InChI is InChI=1S/C81H58N6O13/c1-42-24-27-45(4)68-65(42)56(77(88)89)38-59(84-68)75-72(54-19-11-14-22-63(54)98-75)87-81(93)96-52-36-34-51(35-37-52)95-79(91)58-40-61(86-70-47(6)29-26-44(3)67(58)70)76-73(55-20-12-15-23-64(55)99-76)100-80(92)83-49-30-32-50(33-31-49)94-78(90)57-39-60(85-69-46(5)28-25-43(2)66(57)69)74-71(53-18-10-13-21-62(53)97-74)82-41-48-16-8-7-9-17-48/h7-40,82H,41H2,1-6H3,(H,83,92)(H,87,93)(H,88,89). The number of furan rings is 3. The molecule has 15 aromatic rings. The van der Waals surface area contributed by atoms with E-state index in [0.29, 0.717) is 83.9 Å². The van der Waals surface area contributed by atoms with E-state index in [9.17, 15) is 29.1 Å². The van der Waals surface area contributed by atoms with Crippen molar-refractivity contribution in [1.82, 2.24) is 15.0 Å². The van der Waals surface area contributed by atoms with Crippen molar-refractivity contribution in [3.05, 3.63) is 262 Å². The minimum atomic E-state index is -1.15. The van der Waals surface area contributed by atoms with Gasteiger partial charge >= 0.3 is 30.1 Å². The van der Waals surface area contributed by atoms with Crippen molar-refractivity contribution in [3.63, 3.8) is 0 Å². The highest BCUT2D eigenvalue weighted by atomic mass is 16.6. The molecule has 4 N–H and O–H groups in total. The number of para-hydroxylation sites is 3. The van der Waals surface area contributed by atoms with Crippen molar-refractivity contribution in [2.45, 2.75) is 48.1 Å². The normalized spacial score (nSPS) is 11.4. The zero-order valence-corrected chi connectivity index (χ0v) is 54.5. The summed E-state index contributed by atoms with van der Waals surface area (Å²) >= 11 is 0. The van der Waals surface area contributed by atoms with E-state index < -0.39 is 30.1 Å². The highest BCUT2D eigenvalue weighted by Crippen LogP contribution is 2.44. The summed E-state index contributed by atoms with van der Waals surface area (Å²) in [6.07, 6.45) is -1.79. The topological polar surface area (TPSA) is 257 Å². The Bertz CT molecular complexity index is 5880. The number of ether oxygens (including phenoxy) is 4. The third kappa shape index (κ3) is 11.8. The number of carbonyl (C=O) groups is 5. The van der Waals surface area contributed by atoms with Gasteiger partial charge in [0.1, 0.15) is 56.8 Å². The molecule has 15 rings (SSSR count). The van der Waals surface area contributed by atoms with E-state index in [1.54, 1.807) is 78.9 Å². The lowest BCUT2D eigenvalue weighted by Gasteiger charge is -2.14. The lowest BCUT2D eigenvalue weighted by molar-refractivity contribution is 0.0694. The molecule has 0 bridgehead atoms. The van der Waals surface area contributed by atoms with Gasteiger partial charge in [-0.1, -0.05) is 103 Å². The highest BCUT2D eigenvalue weighted by Gasteiger charge is 2.29. The zero-order valence-electron chi connectivity index (χ0n) is 54.5. The minimum Gasteiger partial charge on any atom is -0.478 e. The van der Waals surface area contributed by atoms with Gasteiger partial charge in [0.2, 0.25) is 0 Å². The van der Waals surface area contributed by atoms with Gasteiger partial charge in [0, 0.05) is 39.2 Å². The molecule has 0 aliphatic rings. The number of esters is 2. The fourth-order valence-electron chi connectivity index (χ4n) is 12.6. The summed E-state index contributed by atoms with van der Waals surface area (Å²) in [6, 6.07) is 59.8. The number of aromatic nitrogens is 3. The smallest absolute Gasteiger partial charge is 0.417 e. The maximum atomic E-state index is 14.6. The second kappa shape index (κ2) is 25.6. The summed E-state index contributed by atoms with van der Waals surface area (Å²) in [6.45, 7) is 11.7. The van der Waals surface area contributed by atoms with Crippen molar-refractivity contribution in [3.8, 4) is 57.4 Å². The van der Waals surface area contributed by atoms with Crippen LogP contribution in [-0.4, -0.2) is 50.2 Å². The molecule has 6 heterocycles. The molecule has 9 aromatic carbocycles. The summed E-state index contributed by atoms with van der Waals surface area (Å²) < 4.78 is 43.2. The van der Waals surface area contributed by atoms with Crippen LogP contribution < -0.4 is 34.9 Å². The Balaban J connectivity index is 0.660. The van der Waals surface area contributed by atoms with Crippen LogP contribution in [0, 0.1) is 41.5 Å². The molecule has 0 saturated carbocycles. The van der Waals surface area contributed by atoms with Crippen molar-refractivity contribution in [2.24, 2.45) is 0 Å². The first-order valence-electron chi connectivity index (χ1n) is 31.9. The van der Waals surface area contributed by atoms with Gasteiger partial charge in [0.25, 0.3) is 0 Å². The second-order valence-corrected chi connectivity index (χ2v) is 24.2. The largest absolute Gasteiger partial charge is 0.478 e. The maximum Gasteiger partial charge on any atom is 0.417 e. The number of carboxylic acid groups (broad SMARTS) is 1. The predicted octanol–water partition coefficient (Wildman–Crippen LogP) is 19.4. The first-order chi connectivity index (χ1) is 48.5. The molecule has 0 aliphatic heterocycles. The monoisotopic (exact) mass is 1320 g/mol. The molecular weight excluding hydrogens is 1260 g/mol. The highest BCUT2D eigenvalue weighted by molar-refractivity contribution is 6.12. The summed E-state index contributed by atoms with van der Waals surface area (Å²) in [5.41, 5.74) is 11.2. The lowest BCUT2D eigenvalue weighted by Crippen LogP contribution is -2.17. The Labute approximate surface area is 569 Å². The number of rotatable bonds is 15. The third-order valence-electron chi connectivity index (χ3n) is 17.5. The molecule has 0 atom stereocenters. The Morgan fingerprint density at radius 2 is 0.780 bits per heavy atom. The quantitative estimate of drug-likeness (QED) is 0.0549. The molecule has 2 amide bonds. The number of amides is 2. The lowest BCUT2D eigenvalue weighted by atomic mass is 9.99. The number of aromatic carboxylic acids is 1. The van der Waals surface area contributed by atoms with Crippen LogP contribution in [0.1, 0.15) is 70.0 Å². The molecule has 19 nitrogen and oxygen atoms in total. The fraction of sp³-hybridized carbons (Fsp3) is 0.0864. The van der Waals surface area contributed by atoms with Crippen LogP contribution in [0.4, 0.5) is 26.7 Å². The molecule has 490 valence electrons. The molecule has 6 aromatic heterocycles. The second-order valence-electron chi connectivity index (χ2n) is 24.2. The number of anilines is 3. The number of carboxylic acids is 1. The number of nitrogens with one attached hydrogen (secondary N) is 3. The van der Waals surface area contributed by atoms with E-state index in [4.69, 9.17) is 47.2 Å². The number of carbonyl (C=O) groups excluding carboxylic acids is 4. The molecule has 0 radical (unpaired) electrons. The molecule has 0 spiro atoms. The average Bonchev–Trinajstić information content (AvgIpc) is 1.32. The predicted molar refractivity (Wildman–Crippen MR) is 382 cm³/mol. The first kappa shape index (κ1) is 62.7. The number of benzene rings is 9. The average molecular weight is 1320 g/mol. The summed E-state index contributed by atoms with van der Waals surface area (Å²) in [7, 11) is 0. The number of nitrogens with zero attached hydrogens (tertiary/aromatic N) is 3. The van der Waals surface area contributed by atoms with Gasteiger partial charge in [-0.3, -0.25) is 10.6 Å². The number of aryl methyl sites for hydroxylation is 6. The van der Waals surface area contributed by atoms with E-state index in [2.05, 4.69) is 16.0 Å². The first-order valence-corrected chi connectivity index (χ1v) is 31.9. The van der Waals surface area contributed by atoms with Gasteiger partial charge in [-0.25, -0.2) is 38.9 Å². The van der Waals surface area contributed by atoms with Gasteiger partial charge < -0.3 is 42.6 Å². The molecule has 0 unspecified atom stereocenters. The van der Waals surface area contributed by atoms with E-state index in [1.165, 1.54) is 36.4 Å². The molecule has 100 heavy (non-hydrogen) atoms. The van der Waals surface area contributed by atoms with Crippen LogP contribution in [0.3, 0.4) is 0 Å².